The van der Waals surface area contributed by atoms with Crippen molar-refractivity contribution in [2.24, 2.45) is 0 Å². The Labute approximate surface area is 136 Å². The Morgan fingerprint density at radius 2 is 2.08 bits per heavy atom. The second-order valence-electron chi connectivity index (χ2n) is 5.13. The summed E-state index contributed by atoms with van der Waals surface area (Å²) >= 11 is 0. The molecule has 0 bridgehead atoms. The third-order valence-electron chi connectivity index (χ3n) is 3.17. The highest BCUT2D eigenvalue weighted by Crippen LogP contribution is 2.20. The number of nitrogens with two attached hydrogens (primary N) is 1. The normalized spacial score (nSPS) is 11.2. The van der Waals surface area contributed by atoms with E-state index >= 15 is 0 Å². The van der Waals surface area contributed by atoms with E-state index in [4.69, 9.17) is 5.73 Å². The quantitative estimate of drug-likeness (QED) is 0.821. The number of amides is 1. The van der Waals surface area contributed by atoms with Crippen molar-refractivity contribution in [2.45, 2.75) is 19.6 Å². The molecule has 128 valence electrons. The number of nitrogens with zero attached hydrogens (tertiary/aromatic N) is 1. The first kappa shape index (κ1) is 17.6. The van der Waals surface area contributed by atoms with Crippen LogP contribution in [-0.4, -0.2) is 23.7 Å². The number of benzene rings is 1. The van der Waals surface area contributed by atoms with E-state index in [1.165, 1.54) is 18.3 Å². The van der Waals surface area contributed by atoms with Gasteiger partial charge in [0.1, 0.15) is 0 Å². The minimum atomic E-state index is -4.46. The van der Waals surface area contributed by atoms with E-state index in [1.807, 2.05) is 0 Å². The number of aryl methyl sites for hydroxylation is 1. The van der Waals surface area contributed by atoms with Gasteiger partial charge >= 0.3 is 6.18 Å². The van der Waals surface area contributed by atoms with E-state index < -0.39 is 12.8 Å². The summed E-state index contributed by atoms with van der Waals surface area (Å²) in [7, 11) is 0. The lowest BCUT2D eigenvalue weighted by Gasteiger charge is -2.13. The molecule has 0 unspecified atom stereocenters. The molecule has 24 heavy (non-hydrogen) atoms. The van der Waals surface area contributed by atoms with Gasteiger partial charge in [-0.1, -0.05) is 12.1 Å². The SMILES string of the molecule is Cc1ccc(N)cc1C(=O)NCc1cccnc1OCC(F)(F)F. The summed E-state index contributed by atoms with van der Waals surface area (Å²) in [6, 6.07) is 8.01. The molecule has 1 amide bonds. The van der Waals surface area contributed by atoms with Crippen molar-refractivity contribution < 1.29 is 22.7 Å². The standard InChI is InChI=1S/C16H16F3N3O2/c1-10-4-5-12(20)7-13(10)14(23)22-8-11-3-2-6-21-15(11)24-9-16(17,18)19/h2-7H,8-9,20H2,1H3,(H,22,23). The minimum absolute atomic E-state index is 0.0197. The van der Waals surface area contributed by atoms with Crippen LogP contribution in [0.4, 0.5) is 18.9 Å². The van der Waals surface area contributed by atoms with Gasteiger partial charge in [-0.3, -0.25) is 4.79 Å². The molecular weight excluding hydrogens is 323 g/mol. The van der Waals surface area contributed by atoms with Crippen LogP contribution in [0.25, 0.3) is 0 Å². The highest BCUT2D eigenvalue weighted by molar-refractivity contribution is 5.96. The van der Waals surface area contributed by atoms with Gasteiger partial charge in [0.2, 0.25) is 5.88 Å². The van der Waals surface area contributed by atoms with Crippen molar-refractivity contribution in [1.82, 2.24) is 10.3 Å². The van der Waals surface area contributed by atoms with Crippen molar-refractivity contribution in [3.05, 3.63) is 53.2 Å². The Morgan fingerprint density at radius 1 is 1.33 bits per heavy atom. The van der Waals surface area contributed by atoms with Gasteiger partial charge in [0, 0.05) is 29.6 Å². The van der Waals surface area contributed by atoms with Crippen LogP contribution in [0.3, 0.4) is 0 Å². The molecule has 0 atom stereocenters. The Kier molecular flexibility index (Phi) is 5.28. The van der Waals surface area contributed by atoms with E-state index in [2.05, 4.69) is 15.0 Å². The summed E-state index contributed by atoms with van der Waals surface area (Å²) in [5.41, 5.74) is 7.59. The first-order valence-corrected chi connectivity index (χ1v) is 7.04. The molecule has 3 N–H and O–H groups in total. The average Bonchev–Trinajstić information content (AvgIpc) is 2.53. The lowest BCUT2D eigenvalue weighted by molar-refractivity contribution is -0.154. The van der Waals surface area contributed by atoms with Crippen molar-refractivity contribution in [3.8, 4) is 5.88 Å². The molecule has 5 nitrogen and oxygen atoms in total. The number of ether oxygens (including phenoxy) is 1. The third kappa shape index (κ3) is 4.87. The molecule has 1 aromatic heterocycles. The number of hydrogen-bond acceptors (Lipinski definition) is 4. The number of nitrogens with one attached hydrogen (secondary N) is 1. The number of pyridine rings is 1. The van der Waals surface area contributed by atoms with Crippen LogP contribution in [0.2, 0.25) is 0 Å². The van der Waals surface area contributed by atoms with Crippen molar-refractivity contribution >= 4 is 11.6 Å². The molecule has 0 saturated heterocycles. The topological polar surface area (TPSA) is 77.2 Å². The highest BCUT2D eigenvalue weighted by atomic mass is 19.4. The predicted molar refractivity (Wildman–Crippen MR) is 82.5 cm³/mol. The van der Waals surface area contributed by atoms with E-state index in [1.54, 1.807) is 25.1 Å². The lowest BCUT2D eigenvalue weighted by Crippen LogP contribution is -2.25. The number of carbonyl (C=O) groups is 1. The number of nitrogen functional groups attached to an aromatic ring is 1. The number of anilines is 1. The predicted octanol–water partition coefficient (Wildman–Crippen LogP) is 2.84. The summed E-state index contributed by atoms with van der Waals surface area (Å²) in [5, 5.41) is 2.63. The van der Waals surface area contributed by atoms with Gasteiger partial charge in [0.15, 0.2) is 6.61 Å². The van der Waals surface area contributed by atoms with E-state index in [9.17, 15) is 18.0 Å². The molecule has 0 aliphatic heterocycles. The van der Waals surface area contributed by atoms with Gasteiger partial charge in [-0.15, -0.1) is 0 Å². The number of aromatic nitrogens is 1. The van der Waals surface area contributed by atoms with Gasteiger partial charge in [-0.2, -0.15) is 13.2 Å². The van der Waals surface area contributed by atoms with Gasteiger partial charge < -0.3 is 15.8 Å². The first-order valence-electron chi connectivity index (χ1n) is 7.04. The smallest absolute Gasteiger partial charge is 0.422 e. The maximum Gasteiger partial charge on any atom is 0.422 e. The molecule has 1 heterocycles. The number of hydrogen-bond donors (Lipinski definition) is 2. The largest absolute Gasteiger partial charge is 0.468 e. The van der Waals surface area contributed by atoms with Gasteiger partial charge in [0.25, 0.3) is 5.91 Å². The summed E-state index contributed by atoms with van der Waals surface area (Å²) in [6.45, 7) is 0.295. The van der Waals surface area contributed by atoms with Gasteiger partial charge in [-0.05, 0) is 30.7 Å². The summed E-state index contributed by atoms with van der Waals surface area (Å²) in [6.07, 6.45) is -3.14. The van der Waals surface area contributed by atoms with Crippen LogP contribution in [0.15, 0.2) is 36.5 Å². The Balaban J connectivity index is 2.06. The van der Waals surface area contributed by atoms with Gasteiger partial charge in [0.05, 0.1) is 0 Å². The summed E-state index contributed by atoms with van der Waals surface area (Å²) in [4.78, 5) is 16.0. The number of carbonyl (C=O) groups excluding carboxylic acids is 1. The van der Waals surface area contributed by atoms with Crippen molar-refractivity contribution in [2.75, 3.05) is 12.3 Å². The molecule has 0 radical (unpaired) electrons. The molecule has 2 rings (SSSR count). The van der Waals surface area contributed by atoms with Gasteiger partial charge in [-0.25, -0.2) is 4.98 Å². The fourth-order valence-corrected chi connectivity index (χ4v) is 1.99. The van der Waals surface area contributed by atoms with E-state index in [0.717, 1.165) is 5.56 Å². The Bertz CT molecular complexity index is 733. The third-order valence-corrected chi connectivity index (χ3v) is 3.17. The molecule has 0 aliphatic carbocycles. The number of rotatable bonds is 5. The molecule has 2 aromatic rings. The lowest BCUT2D eigenvalue weighted by atomic mass is 10.1. The van der Waals surface area contributed by atoms with Crippen LogP contribution in [-0.2, 0) is 6.54 Å². The van der Waals surface area contributed by atoms with Crippen molar-refractivity contribution in [1.29, 1.82) is 0 Å². The van der Waals surface area contributed by atoms with E-state index in [0.29, 0.717) is 16.8 Å². The average molecular weight is 339 g/mol. The highest BCUT2D eigenvalue weighted by Gasteiger charge is 2.29. The maximum absolute atomic E-state index is 12.3. The molecular formula is C16H16F3N3O2. The number of alkyl halides is 3. The van der Waals surface area contributed by atoms with Crippen LogP contribution in [0.5, 0.6) is 5.88 Å². The van der Waals surface area contributed by atoms with Crippen LogP contribution < -0.4 is 15.8 Å². The zero-order valence-electron chi connectivity index (χ0n) is 12.9. The van der Waals surface area contributed by atoms with Crippen molar-refractivity contribution in [3.63, 3.8) is 0 Å². The van der Waals surface area contributed by atoms with Crippen LogP contribution in [0, 0.1) is 6.92 Å². The second kappa shape index (κ2) is 7.20. The monoisotopic (exact) mass is 339 g/mol. The fourth-order valence-electron chi connectivity index (χ4n) is 1.99. The maximum atomic E-state index is 12.3. The summed E-state index contributed by atoms with van der Waals surface area (Å²) in [5.74, 6) is -0.551. The van der Waals surface area contributed by atoms with Crippen LogP contribution >= 0.6 is 0 Å². The zero-order valence-corrected chi connectivity index (χ0v) is 12.9. The molecule has 0 saturated carbocycles. The minimum Gasteiger partial charge on any atom is -0.468 e. The molecule has 0 spiro atoms. The Hall–Kier alpha value is -2.77. The van der Waals surface area contributed by atoms with Crippen LogP contribution in [0.1, 0.15) is 21.5 Å². The number of halogens is 3. The second-order valence-corrected chi connectivity index (χ2v) is 5.13. The Morgan fingerprint density at radius 3 is 2.79 bits per heavy atom. The molecule has 8 heteroatoms. The molecule has 0 aliphatic rings. The van der Waals surface area contributed by atoms with E-state index in [-0.39, 0.29) is 18.3 Å². The molecule has 1 aromatic carbocycles. The fraction of sp³-hybridized carbons (Fsp3) is 0.250. The summed E-state index contributed by atoms with van der Waals surface area (Å²) < 4.78 is 41.4. The zero-order chi connectivity index (χ0) is 17.7. The molecule has 0 fully saturated rings. The first-order chi connectivity index (χ1) is 11.3.